The molecule has 56 valence electrons. The number of ether oxygens (including phenoxy) is 1. The van der Waals surface area contributed by atoms with Gasteiger partial charge in [0.15, 0.2) is 0 Å². The number of fused-ring (bicyclic) bond motifs is 2. The molecule has 1 nitrogen and oxygen atoms in total. The lowest BCUT2D eigenvalue weighted by atomic mass is 9.95. The second-order valence-electron chi connectivity index (χ2n) is 3.50. The SMILES string of the molecule is COCC1CC2C=CC1C2. The Morgan fingerprint density at radius 1 is 1.40 bits per heavy atom. The van der Waals surface area contributed by atoms with Crippen molar-refractivity contribution in [3.8, 4) is 0 Å². The summed E-state index contributed by atoms with van der Waals surface area (Å²) in [5, 5.41) is 0. The summed E-state index contributed by atoms with van der Waals surface area (Å²) in [6.45, 7) is 0.964. The first-order chi connectivity index (χ1) is 4.90. The molecule has 3 unspecified atom stereocenters. The van der Waals surface area contributed by atoms with Gasteiger partial charge in [-0.25, -0.2) is 0 Å². The molecule has 2 aliphatic rings. The van der Waals surface area contributed by atoms with E-state index in [1.807, 2.05) is 0 Å². The predicted molar refractivity (Wildman–Crippen MR) is 40.7 cm³/mol. The lowest BCUT2D eigenvalue weighted by Gasteiger charge is -2.15. The van der Waals surface area contributed by atoms with Crippen molar-refractivity contribution in [1.82, 2.24) is 0 Å². The molecular weight excluding hydrogens is 124 g/mol. The topological polar surface area (TPSA) is 9.23 Å². The van der Waals surface area contributed by atoms with Gasteiger partial charge >= 0.3 is 0 Å². The van der Waals surface area contributed by atoms with Gasteiger partial charge < -0.3 is 4.74 Å². The van der Waals surface area contributed by atoms with Crippen molar-refractivity contribution in [3.63, 3.8) is 0 Å². The Labute approximate surface area is 62.1 Å². The molecule has 0 aromatic heterocycles. The first-order valence-corrected chi connectivity index (χ1v) is 4.07. The van der Waals surface area contributed by atoms with Crippen LogP contribution in [0.2, 0.25) is 0 Å². The Hall–Kier alpha value is -0.300. The third-order valence-corrected chi connectivity index (χ3v) is 2.80. The minimum atomic E-state index is 0.833. The molecule has 2 aliphatic carbocycles. The van der Waals surface area contributed by atoms with E-state index in [2.05, 4.69) is 12.2 Å². The minimum Gasteiger partial charge on any atom is -0.384 e. The van der Waals surface area contributed by atoms with Gasteiger partial charge in [-0.3, -0.25) is 0 Å². The van der Waals surface area contributed by atoms with Gasteiger partial charge in [-0.15, -0.1) is 0 Å². The molecule has 1 heteroatoms. The molecule has 1 fully saturated rings. The van der Waals surface area contributed by atoms with Crippen LogP contribution in [0.3, 0.4) is 0 Å². The van der Waals surface area contributed by atoms with Crippen LogP contribution < -0.4 is 0 Å². The molecule has 0 N–H and O–H groups in total. The lowest BCUT2D eigenvalue weighted by Crippen LogP contribution is -2.12. The quantitative estimate of drug-likeness (QED) is 0.529. The van der Waals surface area contributed by atoms with Gasteiger partial charge in [0.05, 0.1) is 0 Å². The number of allylic oxidation sites excluding steroid dienone is 2. The summed E-state index contributed by atoms with van der Waals surface area (Å²) in [6.07, 6.45) is 7.51. The van der Waals surface area contributed by atoms with Crippen molar-refractivity contribution in [3.05, 3.63) is 12.2 Å². The van der Waals surface area contributed by atoms with Gasteiger partial charge in [-0.05, 0) is 30.6 Å². The average Bonchev–Trinajstić information content (AvgIpc) is 2.48. The van der Waals surface area contributed by atoms with E-state index in [-0.39, 0.29) is 0 Å². The molecule has 0 saturated heterocycles. The molecule has 10 heavy (non-hydrogen) atoms. The lowest BCUT2D eigenvalue weighted by molar-refractivity contribution is 0.140. The number of methoxy groups -OCH3 is 1. The van der Waals surface area contributed by atoms with Gasteiger partial charge in [0, 0.05) is 13.7 Å². The van der Waals surface area contributed by atoms with Crippen molar-refractivity contribution in [1.29, 1.82) is 0 Å². The summed E-state index contributed by atoms with van der Waals surface area (Å²) in [7, 11) is 1.80. The molecule has 0 aromatic carbocycles. The Balaban J connectivity index is 1.96. The Kier molecular flexibility index (Phi) is 1.53. The normalized spacial score (nSPS) is 43.1. The standard InChI is InChI=1S/C9H14O/c1-10-6-9-5-7-2-3-8(9)4-7/h2-3,7-9H,4-6H2,1H3. The highest BCUT2D eigenvalue weighted by Crippen LogP contribution is 2.43. The van der Waals surface area contributed by atoms with Crippen LogP contribution in [0.5, 0.6) is 0 Å². The highest BCUT2D eigenvalue weighted by molar-refractivity contribution is 5.09. The largest absolute Gasteiger partial charge is 0.384 e. The van der Waals surface area contributed by atoms with E-state index in [0.717, 1.165) is 24.4 Å². The van der Waals surface area contributed by atoms with Crippen LogP contribution in [0.4, 0.5) is 0 Å². The van der Waals surface area contributed by atoms with Crippen molar-refractivity contribution in [2.75, 3.05) is 13.7 Å². The Bertz CT molecular complexity index is 151. The third-order valence-electron chi connectivity index (χ3n) is 2.80. The molecule has 3 atom stereocenters. The molecule has 0 aromatic rings. The van der Waals surface area contributed by atoms with E-state index in [1.54, 1.807) is 7.11 Å². The van der Waals surface area contributed by atoms with Crippen LogP contribution in [0.15, 0.2) is 12.2 Å². The van der Waals surface area contributed by atoms with Gasteiger partial charge in [0.25, 0.3) is 0 Å². The fourth-order valence-electron chi connectivity index (χ4n) is 2.30. The monoisotopic (exact) mass is 138 g/mol. The number of rotatable bonds is 2. The molecule has 0 aliphatic heterocycles. The maximum atomic E-state index is 5.14. The molecule has 0 radical (unpaired) electrons. The summed E-state index contributed by atoms with van der Waals surface area (Å²) in [6, 6.07) is 0. The Morgan fingerprint density at radius 3 is 2.80 bits per heavy atom. The zero-order chi connectivity index (χ0) is 6.97. The molecule has 0 spiro atoms. The second-order valence-corrected chi connectivity index (χ2v) is 3.50. The van der Waals surface area contributed by atoms with Gasteiger partial charge in [0.2, 0.25) is 0 Å². The number of hydrogen-bond donors (Lipinski definition) is 0. The molecular formula is C9H14O. The highest BCUT2D eigenvalue weighted by Gasteiger charge is 2.35. The molecule has 2 rings (SSSR count). The average molecular weight is 138 g/mol. The van der Waals surface area contributed by atoms with Crippen molar-refractivity contribution in [2.24, 2.45) is 17.8 Å². The first-order valence-electron chi connectivity index (χ1n) is 4.07. The van der Waals surface area contributed by atoms with Crippen LogP contribution in [0, 0.1) is 17.8 Å². The van der Waals surface area contributed by atoms with Gasteiger partial charge in [-0.1, -0.05) is 12.2 Å². The second kappa shape index (κ2) is 2.39. The maximum absolute atomic E-state index is 5.14. The van der Waals surface area contributed by atoms with Crippen molar-refractivity contribution < 1.29 is 4.74 Å². The van der Waals surface area contributed by atoms with E-state index in [4.69, 9.17) is 4.74 Å². The molecule has 0 amide bonds. The number of hydrogen-bond acceptors (Lipinski definition) is 1. The molecule has 0 heterocycles. The van der Waals surface area contributed by atoms with Gasteiger partial charge in [-0.2, -0.15) is 0 Å². The van der Waals surface area contributed by atoms with Crippen LogP contribution in [0.1, 0.15) is 12.8 Å². The van der Waals surface area contributed by atoms with E-state index in [9.17, 15) is 0 Å². The highest BCUT2D eigenvalue weighted by atomic mass is 16.5. The van der Waals surface area contributed by atoms with Crippen molar-refractivity contribution in [2.45, 2.75) is 12.8 Å². The zero-order valence-corrected chi connectivity index (χ0v) is 6.42. The smallest absolute Gasteiger partial charge is 0.0496 e. The summed E-state index contributed by atoms with van der Waals surface area (Å²) < 4.78 is 5.14. The van der Waals surface area contributed by atoms with Crippen molar-refractivity contribution >= 4 is 0 Å². The van der Waals surface area contributed by atoms with Crippen LogP contribution in [-0.4, -0.2) is 13.7 Å². The summed E-state index contributed by atoms with van der Waals surface area (Å²) >= 11 is 0. The minimum absolute atomic E-state index is 0.833. The maximum Gasteiger partial charge on any atom is 0.0496 e. The predicted octanol–water partition coefficient (Wildman–Crippen LogP) is 1.84. The van der Waals surface area contributed by atoms with E-state index < -0.39 is 0 Å². The van der Waals surface area contributed by atoms with E-state index in [1.165, 1.54) is 12.8 Å². The van der Waals surface area contributed by atoms with Crippen LogP contribution in [0.25, 0.3) is 0 Å². The Morgan fingerprint density at radius 2 is 2.30 bits per heavy atom. The summed E-state index contributed by atoms with van der Waals surface area (Å²) in [5.41, 5.74) is 0. The van der Waals surface area contributed by atoms with Crippen LogP contribution >= 0.6 is 0 Å². The molecule has 2 bridgehead atoms. The summed E-state index contributed by atoms with van der Waals surface area (Å²) in [5.74, 6) is 2.58. The van der Waals surface area contributed by atoms with E-state index in [0.29, 0.717) is 0 Å². The summed E-state index contributed by atoms with van der Waals surface area (Å²) in [4.78, 5) is 0. The molecule has 1 saturated carbocycles. The first kappa shape index (κ1) is 6.41. The van der Waals surface area contributed by atoms with Gasteiger partial charge in [0.1, 0.15) is 0 Å². The van der Waals surface area contributed by atoms with Crippen LogP contribution in [-0.2, 0) is 4.74 Å². The third kappa shape index (κ3) is 0.891. The fraction of sp³-hybridized carbons (Fsp3) is 0.778. The zero-order valence-electron chi connectivity index (χ0n) is 6.42. The fourth-order valence-corrected chi connectivity index (χ4v) is 2.30. The van der Waals surface area contributed by atoms with E-state index >= 15 is 0 Å².